The molecule has 0 amide bonds. The van der Waals surface area contributed by atoms with Crippen LogP contribution in [0.15, 0.2) is 40.9 Å². The summed E-state index contributed by atoms with van der Waals surface area (Å²) < 4.78 is 19.2. The van der Waals surface area contributed by atoms with Crippen LogP contribution in [0.2, 0.25) is 0 Å². The molecule has 0 unspecified atom stereocenters. The number of nitrogens with two attached hydrogens (primary N) is 1. The second kappa shape index (κ2) is 6.19. The number of thiocarbonyl (C=S) groups is 1. The third-order valence-electron chi connectivity index (χ3n) is 2.68. The summed E-state index contributed by atoms with van der Waals surface area (Å²) in [6.07, 6.45) is 0. The second-order valence-corrected chi connectivity index (χ2v) is 5.38. The summed E-state index contributed by atoms with van der Waals surface area (Å²) in [7, 11) is 1.48. The number of anilines is 2. The number of nitrogens with one attached hydrogen (secondary N) is 1. The maximum absolute atomic E-state index is 13.2. The van der Waals surface area contributed by atoms with Crippen molar-refractivity contribution >= 4 is 44.5 Å². The van der Waals surface area contributed by atoms with Crippen molar-refractivity contribution in [2.75, 3.05) is 12.4 Å². The molecular formula is C14H12BrFN2OS. The molecule has 0 fully saturated rings. The van der Waals surface area contributed by atoms with E-state index >= 15 is 0 Å². The molecule has 0 heterocycles. The van der Waals surface area contributed by atoms with Gasteiger partial charge in [-0.2, -0.15) is 0 Å². The molecule has 2 aromatic rings. The predicted molar refractivity (Wildman–Crippen MR) is 86.3 cm³/mol. The van der Waals surface area contributed by atoms with Gasteiger partial charge in [0.1, 0.15) is 16.6 Å². The van der Waals surface area contributed by atoms with Crippen LogP contribution < -0.4 is 15.8 Å². The maximum Gasteiger partial charge on any atom is 0.145 e. The number of benzene rings is 2. The molecule has 0 aliphatic heterocycles. The van der Waals surface area contributed by atoms with Gasteiger partial charge in [-0.15, -0.1) is 0 Å². The molecule has 0 radical (unpaired) electrons. The van der Waals surface area contributed by atoms with E-state index in [0.717, 1.165) is 10.2 Å². The van der Waals surface area contributed by atoms with Gasteiger partial charge < -0.3 is 15.8 Å². The summed E-state index contributed by atoms with van der Waals surface area (Å²) in [5.41, 5.74) is 7.77. The van der Waals surface area contributed by atoms with Crippen LogP contribution in [0.3, 0.4) is 0 Å². The molecule has 104 valence electrons. The lowest BCUT2D eigenvalue weighted by molar-refractivity contribution is 0.413. The largest absolute Gasteiger partial charge is 0.494 e. The monoisotopic (exact) mass is 354 g/mol. The average Bonchev–Trinajstić information content (AvgIpc) is 2.42. The molecule has 3 nitrogen and oxygen atoms in total. The minimum Gasteiger partial charge on any atom is -0.494 e. The highest BCUT2D eigenvalue weighted by atomic mass is 79.9. The number of ether oxygens (including phenoxy) is 1. The number of rotatable bonds is 4. The lowest BCUT2D eigenvalue weighted by Crippen LogP contribution is -2.12. The van der Waals surface area contributed by atoms with Gasteiger partial charge in [0.2, 0.25) is 0 Å². The van der Waals surface area contributed by atoms with Crippen LogP contribution in [-0.2, 0) is 0 Å². The predicted octanol–water partition coefficient (Wildman–Crippen LogP) is 3.97. The van der Waals surface area contributed by atoms with Crippen molar-refractivity contribution in [3.05, 3.63) is 52.3 Å². The van der Waals surface area contributed by atoms with Gasteiger partial charge in [0.25, 0.3) is 0 Å². The Hall–Kier alpha value is -1.66. The van der Waals surface area contributed by atoms with Gasteiger partial charge >= 0.3 is 0 Å². The highest BCUT2D eigenvalue weighted by Crippen LogP contribution is 2.30. The number of halogens is 2. The van der Waals surface area contributed by atoms with Crippen molar-refractivity contribution in [3.63, 3.8) is 0 Å². The lowest BCUT2D eigenvalue weighted by atomic mass is 10.1. The van der Waals surface area contributed by atoms with Crippen LogP contribution in [0.25, 0.3) is 0 Å². The topological polar surface area (TPSA) is 47.3 Å². The SMILES string of the molecule is COc1cc(F)ccc1Nc1ccc(Br)cc1C(N)=S. The van der Waals surface area contributed by atoms with Gasteiger partial charge in [0, 0.05) is 21.8 Å². The zero-order valence-corrected chi connectivity index (χ0v) is 13.0. The van der Waals surface area contributed by atoms with Crippen molar-refractivity contribution < 1.29 is 9.13 Å². The molecule has 6 heteroatoms. The summed E-state index contributed by atoms with van der Waals surface area (Å²) in [6, 6.07) is 9.77. The fourth-order valence-electron chi connectivity index (χ4n) is 1.74. The van der Waals surface area contributed by atoms with Crippen LogP contribution in [-0.4, -0.2) is 12.1 Å². The van der Waals surface area contributed by atoms with E-state index in [2.05, 4.69) is 21.2 Å². The molecule has 0 atom stereocenters. The van der Waals surface area contributed by atoms with Gasteiger partial charge in [-0.05, 0) is 30.3 Å². The summed E-state index contributed by atoms with van der Waals surface area (Å²) in [5.74, 6) is 0.0413. The number of hydrogen-bond acceptors (Lipinski definition) is 3. The molecule has 0 bridgehead atoms. The molecule has 2 rings (SSSR count). The van der Waals surface area contributed by atoms with E-state index in [-0.39, 0.29) is 10.8 Å². The molecule has 0 saturated heterocycles. The van der Waals surface area contributed by atoms with E-state index in [1.165, 1.54) is 19.2 Å². The summed E-state index contributed by atoms with van der Waals surface area (Å²) >= 11 is 8.40. The molecule has 3 N–H and O–H groups in total. The highest BCUT2D eigenvalue weighted by molar-refractivity contribution is 9.10. The molecule has 2 aromatic carbocycles. The minimum absolute atomic E-state index is 0.273. The van der Waals surface area contributed by atoms with Gasteiger partial charge in [-0.3, -0.25) is 0 Å². The minimum atomic E-state index is -0.363. The molecule has 0 aliphatic carbocycles. The van der Waals surface area contributed by atoms with Crippen LogP contribution in [0.1, 0.15) is 5.56 Å². The smallest absolute Gasteiger partial charge is 0.145 e. The second-order valence-electron chi connectivity index (χ2n) is 4.02. The van der Waals surface area contributed by atoms with Gasteiger partial charge in [0.15, 0.2) is 0 Å². The van der Waals surface area contributed by atoms with Crippen molar-refractivity contribution in [2.45, 2.75) is 0 Å². The Labute approximate surface area is 130 Å². The Bertz CT molecular complexity index is 664. The quantitative estimate of drug-likeness (QED) is 0.815. The molecule has 0 spiro atoms. The lowest BCUT2D eigenvalue weighted by Gasteiger charge is -2.14. The third kappa shape index (κ3) is 3.26. The normalized spacial score (nSPS) is 10.2. The zero-order chi connectivity index (χ0) is 14.7. The highest BCUT2D eigenvalue weighted by Gasteiger charge is 2.10. The van der Waals surface area contributed by atoms with Crippen molar-refractivity contribution in [1.29, 1.82) is 0 Å². The van der Waals surface area contributed by atoms with Crippen LogP contribution >= 0.6 is 28.1 Å². The van der Waals surface area contributed by atoms with Crippen LogP contribution in [0, 0.1) is 5.82 Å². The first-order valence-electron chi connectivity index (χ1n) is 5.71. The van der Waals surface area contributed by atoms with E-state index in [4.69, 9.17) is 22.7 Å². The maximum atomic E-state index is 13.2. The van der Waals surface area contributed by atoms with Crippen LogP contribution in [0.5, 0.6) is 5.75 Å². The number of hydrogen-bond donors (Lipinski definition) is 2. The Morgan fingerprint density at radius 2 is 1.95 bits per heavy atom. The first-order valence-corrected chi connectivity index (χ1v) is 6.91. The summed E-state index contributed by atoms with van der Waals surface area (Å²) in [6.45, 7) is 0. The van der Waals surface area contributed by atoms with Gasteiger partial charge in [-0.25, -0.2) is 4.39 Å². The Morgan fingerprint density at radius 1 is 1.25 bits per heavy atom. The number of methoxy groups -OCH3 is 1. The van der Waals surface area contributed by atoms with E-state index in [1.54, 1.807) is 6.07 Å². The van der Waals surface area contributed by atoms with E-state index < -0.39 is 0 Å². The first-order chi connectivity index (χ1) is 9.51. The van der Waals surface area contributed by atoms with E-state index in [1.807, 2.05) is 18.2 Å². The zero-order valence-electron chi connectivity index (χ0n) is 10.6. The average molecular weight is 355 g/mol. The third-order valence-corrected chi connectivity index (χ3v) is 3.39. The first kappa shape index (κ1) is 14.7. The van der Waals surface area contributed by atoms with Gasteiger partial charge in [-0.1, -0.05) is 28.1 Å². The van der Waals surface area contributed by atoms with Crippen LogP contribution in [0.4, 0.5) is 15.8 Å². The Balaban J connectivity index is 2.42. The van der Waals surface area contributed by atoms with Crippen molar-refractivity contribution in [3.8, 4) is 5.75 Å². The molecular weight excluding hydrogens is 343 g/mol. The van der Waals surface area contributed by atoms with Crippen molar-refractivity contribution in [2.24, 2.45) is 5.73 Å². The van der Waals surface area contributed by atoms with E-state index in [9.17, 15) is 4.39 Å². The standard InChI is InChI=1S/C14H12BrFN2OS/c1-19-13-7-9(16)3-5-12(13)18-11-4-2-8(15)6-10(11)14(17)20/h2-7,18H,1H3,(H2,17,20). The molecule has 0 aromatic heterocycles. The summed E-state index contributed by atoms with van der Waals surface area (Å²) in [4.78, 5) is 0.273. The Morgan fingerprint density at radius 3 is 2.60 bits per heavy atom. The molecule has 0 saturated carbocycles. The van der Waals surface area contributed by atoms with Crippen molar-refractivity contribution in [1.82, 2.24) is 0 Å². The van der Waals surface area contributed by atoms with Gasteiger partial charge in [0.05, 0.1) is 12.8 Å². The molecule has 20 heavy (non-hydrogen) atoms. The molecule has 0 aliphatic rings. The fourth-order valence-corrected chi connectivity index (χ4v) is 2.27. The Kier molecular flexibility index (Phi) is 4.57. The summed E-state index contributed by atoms with van der Waals surface area (Å²) in [5, 5.41) is 3.15. The fraction of sp³-hybridized carbons (Fsp3) is 0.0714. The van der Waals surface area contributed by atoms with E-state index in [0.29, 0.717) is 17.0 Å².